The second-order valence-corrected chi connectivity index (χ2v) is 3.59. The fourth-order valence-electron chi connectivity index (χ4n) is 1.70. The van der Waals surface area contributed by atoms with Gasteiger partial charge in [0.2, 0.25) is 0 Å². The van der Waals surface area contributed by atoms with Gasteiger partial charge in [0, 0.05) is 19.7 Å². The molecule has 0 amide bonds. The first kappa shape index (κ1) is 9.71. The number of benzene rings is 1. The lowest BCUT2D eigenvalue weighted by Crippen LogP contribution is -2.34. The number of rotatable bonds is 1. The van der Waals surface area contributed by atoms with Crippen molar-refractivity contribution >= 4 is 22.4 Å². The summed E-state index contributed by atoms with van der Waals surface area (Å²) in [4.78, 5) is 4.46. The van der Waals surface area contributed by atoms with Gasteiger partial charge in [-0.15, -0.1) is 0 Å². The van der Waals surface area contributed by atoms with Crippen LogP contribution in [0.4, 0.5) is 11.5 Å². The number of hydrogen-bond acceptors (Lipinski definition) is 3. The van der Waals surface area contributed by atoms with E-state index in [1.165, 1.54) is 0 Å². The smallest absolute Gasteiger partial charge is 0.298 e. The molecule has 2 aromatic rings. The SMILES string of the molecule is CNc1nc(C)[n+](C)c2ccc(N)cc12. The molecular formula is C11H15N4+. The molecule has 2 rings (SSSR count). The van der Waals surface area contributed by atoms with Gasteiger partial charge in [0.15, 0.2) is 0 Å². The summed E-state index contributed by atoms with van der Waals surface area (Å²) >= 11 is 0. The first-order valence-electron chi connectivity index (χ1n) is 4.87. The van der Waals surface area contributed by atoms with Crippen molar-refractivity contribution in [1.29, 1.82) is 0 Å². The first-order chi connectivity index (χ1) is 7.13. The highest BCUT2D eigenvalue weighted by Gasteiger charge is 2.14. The zero-order valence-corrected chi connectivity index (χ0v) is 9.20. The average molecular weight is 203 g/mol. The molecule has 1 heterocycles. The van der Waals surface area contributed by atoms with Gasteiger partial charge in [-0.05, 0) is 23.2 Å². The zero-order chi connectivity index (χ0) is 11.0. The summed E-state index contributed by atoms with van der Waals surface area (Å²) in [7, 11) is 3.87. The summed E-state index contributed by atoms with van der Waals surface area (Å²) in [5, 5.41) is 4.13. The second-order valence-electron chi connectivity index (χ2n) is 3.59. The Hall–Kier alpha value is -1.84. The molecule has 1 aromatic carbocycles. The largest absolute Gasteiger partial charge is 0.399 e. The van der Waals surface area contributed by atoms with Crippen molar-refractivity contribution < 1.29 is 4.57 Å². The summed E-state index contributed by atoms with van der Waals surface area (Å²) < 4.78 is 2.05. The molecule has 4 heteroatoms. The van der Waals surface area contributed by atoms with Crippen LogP contribution in [0.3, 0.4) is 0 Å². The molecule has 0 aliphatic carbocycles. The number of aromatic nitrogens is 2. The number of anilines is 2. The summed E-state index contributed by atoms with van der Waals surface area (Å²) in [6, 6.07) is 5.86. The summed E-state index contributed by atoms with van der Waals surface area (Å²) in [5.74, 6) is 1.84. The van der Waals surface area contributed by atoms with Gasteiger partial charge in [0.05, 0.1) is 12.4 Å². The molecule has 78 valence electrons. The average Bonchev–Trinajstić information content (AvgIpc) is 2.23. The normalized spacial score (nSPS) is 10.6. The maximum atomic E-state index is 5.77. The van der Waals surface area contributed by atoms with Crippen LogP contribution in [0.2, 0.25) is 0 Å². The van der Waals surface area contributed by atoms with Crippen molar-refractivity contribution in [2.75, 3.05) is 18.1 Å². The van der Waals surface area contributed by atoms with Crippen LogP contribution in [0.15, 0.2) is 18.2 Å². The van der Waals surface area contributed by atoms with E-state index >= 15 is 0 Å². The van der Waals surface area contributed by atoms with Crippen molar-refractivity contribution in [2.24, 2.45) is 7.05 Å². The van der Waals surface area contributed by atoms with E-state index in [2.05, 4.69) is 14.9 Å². The lowest BCUT2D eigenvalue weighted by Gasteiger charge is -2.04. The van der Waals surface area contributed by atoms with E-state index in [0.29, 0.717) is 0 Å². The highest BCUT2D eigenvalue weighted by Crippen LogP contribution is 2.20. The van der Waals surface area contributed by atoms with Crippen molar-refractivity contribution in [3.05, 3.63) is 24.0 Å². The molecule has 15 heavy (non-hydrogen) atoms. The standard InChI is InChI=1S/C11H14N4/c1-7-14-11(13-2)9-6-8(12)4-5-10(9)15(7)3/h4-6H,12H2,1-3H3/p+1. The zero-order valence-electron chi connectivity index (χ0n) is 9.20. The highest BCUT2D eigenvalue weighted by atomic mass is 15.1. The van der Waals surface area contributed by atoms with Crippen molar-refractivity contribution in [3.63, 3.8) is 0 Å². The summed E-state index contributed by atoms with van der Waals surface area (Å²) in [6.45, 7) is 1.98. The highest BCUT2D eigenvalue weighted by molar-refractivity contribution is 5.89. The van der Waals surface area contributed by atoms with Crippen LogP contribution in [0.25, 0.3) is 10.9 Å². The van der Waals surface area contributed by atoms with E-state index in [9.17, 15) is 0 Å². The molecule has 3 N–H and O–H groups in total. The minimum Gasteiger partial charge on any atom is -0.399 e. The van der Waals surface area contributed by atoms with Crippen LogP contribution in [-0.4, -0.2) is 12.0 Å². The van der Waals surface area contributed by atoms with Gasteiger partial charge in [-0.2, -0.15) is 0 Å². The Kier molecular flexibility index (Phi) is 2.19. The van der Waals surface area contributed by atoms with Crippen molar-refractivity contribution in [3.8, 4) is 0 Å². The van der Waals surface area contributed by atoms with Gasteiger partial charge in [-0.1, -0.05) is 0 Å². The van der Waals surface area contributed by atoms with E-state index in [0.717, 1.165) is 28.2 Å². The van der Waals surface area contributed by atoms with E-state index < -0.39 is 0 Å². The Morgan fingerprint density at radius 2 is 2.13 bits per heavy atom. The number of nitrogen functional groups attached to an aromatic ring is 1. The van der Waals surface area contributed by atoms with E-state index in [1.54, 1.807) is 0 Å². The third-order valence-corrected chi connectivity index (χ3v) is 2.63. The Labute approximate surface area is 88.7 Å². The monoisotopic (exact) mass is 203 g/mol. The molecule has 0 bridgehead atoms. The maximum Gasteiger partial charge on any atom is 0.298 e. The molecule has 0 aliphatic heterocycles. The minimum atomic E-state index is 0.754. The number of nitrogens with zero attached hydrogens (tertiary/aromatic N) is 2. The van der Waals surface area contributed by atoms with Crippen LogP contribution in [-0.2, 0) is 7.05 Å². The number of nitrogens with two attached hydrogens (primary N) is 1. The minimum absolute atomic E-state index is 0.754. The quantitative estimate of drug-likeness (QED) is 0.537. The molecule has 0 unspecified atom stereocenters. The van der Waals surface area contributed by atoms with Crippen molar-refractivity contribution in [1.82, 2.24) is 4.98 Å². The molecule has 0 radical (unpaired) electrons. The molecule has 0 atom stereocenters. The summed E-state index contributed by atoms with van der Waals surface area (Å²) in [6.07, 6.45) is 0. The third-order valence-electron chi connectivity index (χ3n) is 2.63. The Bertz CT molecular complexity index is 519. The topological polar surface area (TPSA) is 54.8 Å². The predicted molar refractivity (Wildman–Crippen MR) is 61.6 cm³/mol. The van der Waals surface area contributed by atoms with Gasteiger partial charge >= 0.3 is 0 Å². The fourth-order valence-corrected chi connectivity index (χ4v) is 1.70. The second kappa shape index (κ2) is 3.38. The van der Waals surface area contributed by atoms with E-state index in [4.69, 9.17) is 5.73 Å². The Morgan fingerprint density at radius 3 is 2.80 bits per heavy atom. The van der Waals surface area contributed by atoms with Gasteiger partial charge < -0.3 is 11.1 Å². The lowest BCUT2D eigenvalue weighted by molar-refractivity contribution is -0.654. The van der Waals surface area contributed by atoms with Crippen LogP contribution < -0.4 is 15.6 Å². The van der Waals surface area contributed by atoms with Crippen LogP contribution >= 0.6 is 0 Å². The first-order valence-corrected chi connectivity index (χ1v) is 4.87. The molecule has 0 spiro atoms. The van der Waals surface area contributed by atoms with Crippen LogP contribution in [0.5, 0.6) is 0 Å². The predicted octanol–water partition coefficient (Wildman–Crippen LogP) is 0.992. The van der Waals surface area contributed by atoms with Gasteiger partial charge in [0.1, 0.15) is 5.52 Å². The van der Waals surface area contributed by atoms with Gasteiger partial charge in [-0.3, -0.25) is 0 Å². The Morgan fingerprint density at radius 1 is 1.40 bits per heavy atom. The van der Waals surface area contributed by atoms with E-state index in [-0.39, 0.29) is 0 Å². The number of hydrogen-bond donors (Lipinski definition) is 2. The van der Waals surface area contributed by atoms with Crippen LogP contribution in [0.1, 0.15) is 5.82 Å². The molecule has 1 aromatic heterocycles. The number of fused-ring (bicyclic) bond motifs is 1. The van der Waals surface area contributed by atoms with Gasteiger partial charge in [-0.25, -0.2) is 4.57 Å². The molecule has 0 saturated heterocycles. The van der Waals surface area contributed by atoms with Gasteiger partial charge in [0.25, 0.3) is 11.6 Å². The lowest BCUT2D eigenvalue weighted by atomic mass is 10.2. The number of aryl methyl sites for hydroxylation is 2. The van der Waals surface area contributed by atoms with Crippen LogP contribution in [0, 0.1) is 6.92 Å². The van der Waals surface area contributed by atoms with E-state index in [1.807, 2.05) is 39.2 Å². The molecule has 0 fully saturated rings. The summed E-state index contributed by atoms with van der Waals surface area (Å²) in [5.41, 5.74) is 7.65. The molecular weight excluding hydrogens is 188 g/mol. The fraction of sp³-hybridized carbons (Fsp3) is 0.273. The molecule has 0 aliphatic rings. The molecule has 4 nitrogen and oxygen atoms in total. The number of nitrogens with one attached hydrogen (secondary N) is 1. The maximum absolute atomic E-state index is 5.77. The Balaban J connectivity index is 2.90. The van der Waals surface area contributed by atoms with Crippen molar-refractivity contribution in [2.45, 2.75) is 6.92 Å². The molecule has 0 saturated carbocycles. The third kappa shape index (κ3) is 1.48.